The number of halogens is 1. The van der Waals surface area contributed by atoms with Crippen LogP contribution in [0.2, 0.25) is 5.02 Å². The molecular formula is C32H47ClN4O7S. The third-order valence-electron chi connectivity index (χ3n) is 7.64. The van der Waals surface area contributed by atoms with Gasteiger partial charge in [0.1, 0.15) is 5.75 Å². The lowest BCUT2D eigenvalue weighted by Crippen LogP contribution is -2.49. The first-order chi connectivity index (χ1) is 21.2. The zero-order valence-electron chi connectivity index (χ0n) is 27.0. The van der Waals surface area contributed by atoms with Gasteiger partial charge < -0.3 is 29.7 Å². The van der Waals surface area contributed by atoms with Crippen LogP contribution < -0.4 is 14.8 Å². The van der Waals surface area contributed by atoms with Gasteiger partial charge in [-0.15, -0.1) is 0 Å². The van der Waals surface area contributed by atoms with E-state index in [-0.39, 0.29) is 59.5 Å². The van der Waals surface area contributed by atoms with Crippen molar-refractivity contribution < 1.29 is 32.6 Å². The Morgan fingerprint density at radius 3 is 2.47 bits per heavy atom. The van der Waals surface area contributed by atoms with Crippen LogP contribution in [0, 0.1) is 5.92 Å². The molecular weight excluding hydrogens is 620 g/mol. The van der Waals surface area contributed by atoms with E-state index in [0.717, 1.165) is 12.8 Å². The molecule has 0 radical (unpaired) electrons. The number of aliphatic hydroxyl groups excluding tert-OH is 1. The topological polar surface area (TPSA) is 138 Å². The van der Waals surface area contributed by atoms with Crippen LogP contribution in [-0.2, 0) is 14.8 Å². The van der Waals surface area contributed by atoms with Crippen molar-refractivity contribution in [2.24, 2.45) is 5.92 Å². The number of carbonyl (C=O) groups is 2. The number of nitrogens with zero attached hydrogens (tertiary/aromatic N) is 2. The summed E-state index contributed by atoms with van der Waals surface area (Å²) < 4.78 is 41.3. The van der Waals surface area contributed by atoms with E-state index in [9.17, 15) is 23.1 Å². The molecule has 0 fully saturated rings. The number of aliphatic hydroxyl groups is 1. The molecule has 0 bridgehead atoms. The molecule has 3 N–H and O–H groups in total. The maximum atomic E-state index is 14.3. The van der Waals surface area contributed by atoms with Crippen molar-refractivity contribution in [1.29, 1.82) is 0 Å². The van der Waals surface area contributed by atoms with E-state index in [1.54, 1.807) is 35.9 Å². The summed E-state index contributed by atoms with van der Waals surface area (Å²) in [7, 11) is -2.27. The molecule has 1 heterocycles. The maximum absolute atomic E-state index is 14.3. The van der Waals surface area contributed by atoms with Gasteiger partial charge in [-0.05, 0) is 89.4 Å². The number of ether oxygens (including phenoxy) is 2. The quantitative estimate of drug-likeness (QED) is 0.361. The zero-order valence-corrected chi connectivity index (χ0v) is 28.5. The lowest BCUT2D eigenvalue weighted by Gasteiger charge is -2.36. The third kappa shape index (κ3) is 10.5. The number of amides is 3. The number of likely N-dealkylation sites (N-methyl/N-ethyl adjacent to an activating group) is 1. The summed E-state index contributed by atoms with van der Waals surface area (Å²) in [4.78, 5) is 30.1. The number of benzene rings is 2. The minimum Gasteiger partial charge on any atom is -0.490 e. The van der Waals surface area contributed by atoms with Crippen molar-refractivity contribution in [3.63, 3.8) is 0 Å². The number of nitrogens with one attached hydrogen (secondary N) is 2. The summed E-state index contributed by atoms with van der Waals surface area (Å²) in [5, 5.41) is 13.4. The van der Waals surface area contributed by atoms with Crippen LogP contribution in [0.4, 0.5) is 10.5 Å². The summed E-state index contributed by atoms with van der Waals surface area (Å²) in [6, 6.07) is 9.56. The van der Waals surface area contributed by atoms with Crippen LogP contribution in [0.1, 0.15) is 64.2 Å². The first-order valence-electron chi connectivity index (χ1n) is 15.4. The molecule has 3 amide bonds. The van der Waals surface area contributed by atoms with Crippen molar-refractivity contribution in [3.05, 3.63) is 53.1 Å². The number of carbonyl (C=O) groups excluding carboxylic acids is 2. The average Bonchev–Trinajstić information content (AvgIpc) is 2.98. The lowest BCUT2D eigenvalue weighted by molar-refractivity contribution is -0.0122. The van der Waals surface area contributed by atoms with E-state index < -0.39 is 22.0 Å². The number of anilines is 1. The van der Waals surface area contributed by atoms with E-state index in [1.807, 2.05) is 27.7 Å². The number of sulfonamides is 1. The fourth-order valence-electron chi connectivity index (χ4n) is 4.99. The molecule has 250 valence electrons. The molecule has 0 saturated carbocycles. The predicted octanol–water partition coefficient (Wildman–Crippen LogP) is 4.99. The second-order valence-corrected chi connectivity index (χ2v) is 14.2. The lowest BCUT2D eigenvalue weighted by atomic mass is 10.0. The molecule has 3 rings (SSSR count). The number of fused-ring (bicyclic) bond motifs is 1. The Balaban J connectivity index is 1.98. The van der Waals surface area contributed by atoms with E-state index in [4.69, 9.17) is 21.1 Å². The highest BCUT2D eigenvalue weighted by atomic mass is 35.5. The fraction of sp³-hybridized carbons (Fsp3) is 0.562. The largest absolute Gasteiger partial charge is 0.490 e. The molecule has 4 atom stereocenters. The summed E-state index contributed by atoms with van der Waals surface area (Å²) >= 11 is 5.93. The predicted molar refractivity (Wildman–Crippen MR) is 175 cm³/mol. The van der Waals surface area contributed by atoms with Crippen molar-refractivity contribution in [1.82, 2.24) is 15.1 Å². The zero-order chi connectivity index (χ0) is 33.3. The second-order valence-electron chi connectivity index (χ2n) is 12.1. The molecule has 45 heavy (non-hydrogen) atoms. The van der Waals surface area contributed by atoms with Gasteiger partial charge in [-0.2, -0.15) is 0 Å². The average molecular weight is 667 g/mol. The van der Waals surface area contributed by atoms with Crippen LogP contribution in [0.15, 0.2) is 47.4 Å². The van der Waals surface area contributed by atoms with E-state index in [1.165, 1.54) is 30.3 Å². The number of hydrogen-bond donors (Lipinski definition) is 3. The van der Waals surface area contributed by atoms with Crippen LogP contribution in [0.25, 0.3) is 0 Å². The second kappa shape index (κ2) is 16.5. The number of rotatable bonds is 8. The monoisotopic (exact) mass is 666 g/mol. The normalized spacial score (nSPS) is 20.9. The van der Waals surface area contributed by atoms with Gasteiger partial charge >= 0.3 is 6.03 Å². The standard InChI is InChI=1S/C32H47ClN4O7S/c1-21(2)34-32(40)36(6)19-30-22(3)18-37(23(4)20-38)31(39)28-17-26(35-45(41,42)27-13-10-25(33)11-14-27)12-15-29(28)44-24(5)9-7-8-16-43-30/h10-15,17,21-24,30,35,38H,7-9,16,18-20H2,1-6H3,(H,34,40)/t22-,23+,24+,30+/m1/s1. The van der Waals surface area contributed by atoms with E-state index >= 15 is 0 Å². The van der Waals surface area contributed by atoms with Crippen LogP contribution in [-0.4, -0.2) is 92.9 Å². The number of hydrogen-bond acceptors (Lipinski definition) is 7. The molecule has 2 aromatic rings. The van der Waals surface area contributed by atoms with Gasteiger partial charge in [0, 0.05) is 49.4 Å². The van der Waals surface area contributed by atoms with E-state index in [2.05, 4.69) is 10.0 Å². The molecule has 11 nitrogen and oxygen atoms in total. The van der Waals surface area contributed by atoms with Gasteiger partial charge in [0.25, 0.3) is 15.9 Å². The van der Waals surface area contributed by atoms with Gasteiger partial charge in [0.05, 0.1) is 35.3 Å². The smallest absolute Gasteiger partial charge is 0.317 e. The highest BCUT2D eigenvalue weighted by Gasteiger charge is 2.31. The van der Waals surface area contributed by atoms with E-state index in [0.29, 0.717) is 30.3 Å². The first-order valence-corrected chi connectivity index (χ1v) is 17.2. The van der Waals surface area contributed by atoms with Crippen molar-refractivity contribution in [2.45, 2.75) is 83.1 Å². The maximum Gasteiger partial charge on any atom is 0.317 e. The molecule has 0 aromatic heterocycles. The minimum absolute atomic E-state index is 0.0191. The molecule has 1 aliphatic rings. The Labute approximate surface area is 272 Å². The van der Waals surface area contributed by atoms with Crippen molar-refractivity contribution >= 4 is 39.2 Å². The van der Waals surface area contributed by atoms with Gasteiger partial charge in [0.15, 0.2) is 0 Å². The third-order valence-corrected chi connectivity index (χ3v) is 9.29. The highest BCUT2D eigenvalue weighted by Crippen LogP contribution is 2.29. The summed E-state index contributed by atoms with van der Waals surface area (Å²) in [6.45, 7) is 10.1. The molecule has 0 saturated heterocycles. The Hall–Kier alpha value is -3.06. The van der Waals surface area contributed by atoms with Gasteiger partial charge in [-0.1, -0.05) is 18.5 Å². The van der Waals surface area contributed by atoms with Crippen molar-refractivity contribution in [2.75, 3.05) is 38.1 Å². The molecule has 1 aliphatic heterocycles. The first kappa shape index (κ1) is 36.4. The minimum atomic E-state index is -3.98. The Kier molecular flexibility index (Phi) is 13.3. The van der Waals surface area contributed by atoms with Crippen LogP contribution in [0.5, 0.6) is 5.75 Å². The van der Waals surface area contributed by atoms with Gasteiger partial charge in [-0.3, -0.25) is 9.52 Å². The molecule has 0 spiro atoms. The summed E-state index contributed by atoms with van der Waals surface area (Å²) in [5.74, 6) is -0.338. The van der Waals surface area contributed by atoms with Crippen LogP contribution >= 0.6 is 11.6 Å². The van der Waals surface area contributed by atoms with Gasteiger partial charge in [-0.25, -0.2) is 13.2 Å². The molecule has 0 unspecified atom stereocenters. The van der Waals surface area contributed by atoms with Crippen LogP contribution in [0.3, 0.4) is 0 Å². The van der Waals surface area contributed by atoms with Gasteiger partial charge in [0.2, 0.25) is 0 Å². The van der Waals surface area contributed by atoms with Crippen molar-refractivity contribution in [3.8, 4) is 5.75 Å². The molecule has 0 aliphatic carbocycles. The Bertz CT molecular complexity index is 1390. The Morgan fingerprint density at radius 1 is 1.13 bits per heavy atom. The molecule has 13 heteroatoms. The summed E-state index contributed by atoms with van der Waals surface area (Å²) in [5.41, 5.74) is 0.340. The SMILES string of the molecule is CC(C)NC(=O)N(C)C[C@@H]1OCCCC[C@H](C)Oc2ccc(NS(=O)(=O)c3ccc(Cl)cc3)cc2C(=O)N([C@@H](C)CO)C[C@H]1C. The molecule has 2 aromatic carbocycles. The Morgan fingerprint density at radius 2 is 1.82 bits per heavy atom. The highest BCUT2D eigenvalue weighted by molar-refractivity contribution is 7.92. The summed E-state index contributed by atoms with van der Waals surface area (Å²) in [6.07, 6.45) is 1.69. The number of urea groups is 1. The fourth-order valence-corrected chi connectivity index (χ4v) is 6.16.